The van der Waals surface area contributed by atoms with E-state index in [4.69, 9.17) is 13.9 Å². The Kier molecular flexibility index (Phi) is 5.98. The molecule has 1 aromatic heterocycles. The molecule has 1 fully saturated rings. The number of aryl methyl sites for hydroxylation is 1. The van der Waals surface area contributed by atoms with Crippen LogP contribution in [0.3, 0.4) is 0 Å². The number of nitrogens with zero attached hydrogens (tertiary/aromatic N) is 1. The average molecular weight is 421 g/mol. The normalized spacial score (nSPS) is 14.6. The Hall–Kier alpha value is -3.28. The highest BCUT2D eigenvalue weighted by Gasteiger charge is 2.21. The number of piperidine rings is 1. The first-order chi connectivity index (χ1) is 15.0. The van der Waals surface area contributed by atoms with Crippen molar-refractivity contribution in [3.05, 3.63) is 58.4 Å². The lowest BCUT2D eigenvalue weighted by Gasteiger charge is -2.30. The predicted molar refractivity (Wildman–Crippen MR) is 120 cm³/mol. The van der Waals surface area contributed by atoms with Gasteiger partial charge in [-0.15, -0.1) is 0 Å². The summed E-state index contributed by atoms with van der Waals surface area (Å²) in [6, 6.07) is 12.7. The Labute approximate surface area is 181 Å². The summed E-state index contributed by atoms with van der Waals surface area (Å²) in [6.07, 6.45) is 2.06. The molecule has 1 aliphatic rings. The summed E-state index contributed by atoms with van der Waals surface area (Å²) in [4.78, 5) is 26.6. The van der Waals surface area contributed by atoms with Crippen molar-refractivity contribution < 1.29 is 18.7 Å². The Morgan fingerprint density at radius 1 is 1.13 bits per heavy atom. The second-order valence-corrected chi connectivity index (χ2v) is 8.12. The van der Waals surface area contributed by atoms with Gasteiger partial charge in [-0.3, -0.25) is 4.79 Å². The lowest BCUT2D eigenvalue weighted by molar-refractivity contribution is -0.134. The summed E-state index contributed by atoms with van der Waals surface area (Å²) >= 11 is 0. The molecule has 1 aliphatic heterocycles. The summed E-state index contributed by atoms with van der Waals surface area (Å²) < 4.78 is 16.6. The number of amides is 1. The summed E-state index contributed by atoms with van der Waals surface area (Å²) in [6.45, 7) is 5.58. The number of carbonyl (C=O) groups excluding carboxylic acids is 1. The molecule has 0 radical (unpaired) electrons. The van der Waals surface area contributed by atoms with E-state index in [1.54, 1.807) is 7.11 Å². The van der Waals surface area contributed by atoms with E-state index in [1.165, 1.54) is 6.07 Å². The van der Waals surface area contributed by atoms with E-state index in [0.717, 1.165) is 48.2 Å². The highest BCUT2D eigenvalue weighted by Crippen LogP contribution is 2.33. The van der Waals surface area contributed by atoms with Gasteiger partial charge >= 0.3 is 5.63 Å². The summed E-state index contributed by atoms with van der Waals surface area (Å²) in [5.74, 6) is 1.94. The number of hydrogen-bond acceptors (Lipinski definition) is 5. The first kappa shape index (κ1) is 21.0. The predicted octanol–water partition coefficient (Wildman–Crippen LogP) is 4.41. The molecule has 0 aliphatic carbocycles. The van der Waals surface area contributed by atoms with Crippen molar-refractivity contribution >= 4 is 16.9 Å². The number of methoxy groups -OCH3 is 1. The van der Waals surface area contributed by atoms with Gasteiger partial charge in [-0.05, 0) is 61.1 Å². The van der Waals surface area contributed by atoms with Crippen molar-refractivity contribution in [3.63, 3.8) is 0 Å². The van der Waals surface area contributed by atoms with E-state index < -0.39 is 5.63 Å². The van der Waals surface area contributed by atoms with Crippen LogP contribution in [0.4, 0.5) is 0 Å². The standard InChI is InChI=1S/C25H27NO5/c1-16-10-12-26(13-11-16)23(27)15-30-22-9-8-20-21(14-24(28)31-25(20)17(22)2)18-4-6-19(29-3)7-5-18/h4-9,14,16H,10-13,15H2,1-3H3. The average Bonchev–Trinajstić information content (AvgIpc) is 2.79. The molecular weight excluding hydrogens is 394 g/mol. The van der Waals surface area contributed by atoms with E-state index in [1.807, 2.05) is 48.2 Å². The van der Waals surface area contributed by atoms with Crippen molar-refractivity contribution in [2.24, 2.45) is 5.92 Å². The third-order valence-electron chi connectivity index (χ3n) is 6.00. The van der Waals surface area contributed by atoms with Crippen molar-refractivity contribution in [1.29, 1.82) is 0 Å². The van der Waals surface area contributed by atoms with Crippen molar-refractivity contribution in [2.45, 2.75) is 26.7 Å². The lowest BCUT2D eigenvalue weighted by atomic mass is 9.99. The molecule has 162 valence electrons. The zero-order chi connectivity index (χ0) is 22.0. The Balaban J connectivity index is 1.60. The molecule has 0 bridgehead atoms. The molecule has 0 N–H and O–H groups in total. The van der Waals surface area contributed by atoms with E-state index in [0.29, 0.717) is 22.8 Å². The molecule has 4 rings (SSSR count). The van der Waals surface area contributed by atoms with Crippen molar-refractivity contribution in [3.8, 4) is 22.6 Å². The largest absolute Gasteiger partial charge is 0.497 e. The highest BCUT2D eigenvalue weighted by molar-refractivity contribution is 5.95. The number of benzene rings is 2. The number of carbonyl (C=O) groups is 1. The van der Waals surface area contributed by atoms with E-state index in [9.17, 15) is 9.59 Å². The van der Waals surface area contributed by atoms with Crippen molar-refractivity contribution in [1.82, 2.24) is 4.90 Å². The lowest BCUT2D eigenvalue weighted by Crippen LogP contribution is -2.40. The molecule has 0 spiro atoms. The fourth-order valence-electron chi connectivity index (χ4n) is 4.00. The molecular formula is C25H27NO5. The van der Waals surface area contributed by atoms with E-state index >= 15 is 0 Å². The third kappa shape index (κ3) is 4.43. The van der Waals surface area contributed by atoms with Gasteiger partial charge in [-0.25, -0.2) is 4.79 Å². The topological polar surface area (TPSA) is 69.0 Å². The molecule has 2 heterocycles. The van der Waals surface area contributed by atoms with Crippen LogP contribution in [0, 0.1) is 12.8 Å². The van der Waals surface area contributed by atoms with Crippen LogP contribution in [0.5, 0.6) is 11.5 Å². The highest BCUT2D eigenvalue weighted by atomic mass is 16.5. The van der Waals surface area contributed by atoms with Crippen LogP contribution >= 0.6 is 0 Å². The maximum atomic E-state index is 12.5. The molecule has 0 saturated carbocycles. The van der Waals surface area contributed by atoms with Gasteiger partial charge in [0, 0.05) is 30.1 Å². The molecule has 0 unspecified atom stereocenters. The SMILES string of the molecule is COc1ccc(-c2cc(=O)oc3c(C)c(OCC(=O)N4CCC(C)CC4)ccc23)cc1. The molecule has 2 aromatic carbocycles. The Morgan fingerprint density at radius 3 is 2.52 bits per heavy atom. The summed E-state index contributed by atoms with van der Waals surface area (Å²) in [5.41, 5.74) is 2.40. The number of rotatable bonds is 5. The van der Waals surface area contributed by atoms with Gasteiger partial charge in [0.25, 0.3) is 5.91 Å². The van der Waals surface area contributed by atoms with E-state index in [2.05, 4.69) is 6.92 Å². The molecule has 6 nitrogen and oxygen atoms in total. The molecule has 6 heteroatoms. The van der Waals surface area contributed by atoms with Crippen LogP contribution in [0.15, 0.2) is 51.7 Å². The minimum atomic E-state index is -0.433. The summed E-state index contributed by atoms with van der Waals surface area (Å²) in [5, 5.41) is 0.811. The quantitative estimate of drug-likeness (QED) is 0.571. The molecule has 31 heavy (non-hydrogen) atoms. The zero-order valence-electron chi connectivity index (χ0n) is 18.1. The maximum absolute atomic E-state index is 12.5. The Morgan fingerprint density at radius 2 is 1.84 bits per heavy atom. The smallest absolute Gasteiger partial charge is 0.336 e. The maximum Gasteiger partial charge on any atom is 0.336 e. The third-order valence-corrected chi connectivity index (χ3v) is 6.00. The number of likely N-dealkylation sites (tertiary alicyclic amines) is 1. The monoisotopic (exact) mass is 421 g/mol. The summed E-state index contributed by atoms with van der Waals surface area (Å²) in [7, 11) is 1.61. The fraction of sp³-hybridized carbons (Fsp3) is 0.360. The van der Waals surface area contributed by atoms with Crippen LogP contribution in [0.2, 0.25) is 0 Å². The minimum Gasteiger partial charge on any atom is -0.497 e. The molecule has 0 atom stereocenters. The number of ether oxygens (including phenoxy) is 2. The molecule has 1 amide bonds. The Bertz CT molecular complexity index is 1140. The molecule has 3 aromatic rings. The van der Waals surface area contributed by atoms with E-state index in [-0.39, 0.29) is 12.5 Å². The minimum absolute atomic E-state index is 0.0140. The van der Waals surface area contributed by atoms with Crippen molar-refractivity contribution in [2.75, 3.05) is 26.8 Å². The van der Waals surface area contributed by atoms with Crippen LogP contribution in [-0.4, -0.2) is 37.6 Å². The number of fused-ring (bicyclic) bond motifs is 1. The van der Waals surface area contributed by atoms with Gasteiger partial charge in [0.05, 0.1) is 7.11 Å². The fourth-order valence-corrected chi connectivity index (χ4v) is 4.00. The van der Waals surface area contributed by atoms with Gasteiger partial charge in [0.2, 0.25) is 0 Å². The van der Waals surface area contributed by atoms with Gasteiger partial charge < -0.3 is 18.8 Å². The van der Waals surface area contributed by atoms with Gasteiger partial charge in [-0.2, -0.15) is 0 Å². The zero-order valence-corrected chi connectivity index (χ0v) is 18.1. The van der Waals surface area contributed by atoms with Crippen LogP contribution in [0.1, 0.15) is 25.3 Å². The van der Waals surface area contributed by atoms with Crippen LogP contribution < -0.4 is 15.1 Å². The van der Waals surface area contributed by atoms with Crippen LogP contribution in [0.25, 0.3) is 22.1 Å². The van der Waals surface area contributed by atoms with Gasteiger partial charge in [0.1, 0.15) is 17.1 Å². The molecule has 1 saturated heterocycles. The first-order valence-electron chi connectivity index (χ1n) is 10.6. The second-order valence-electron chi connectivity index (χ2n) is 8.12. The van der Waals surface area contributed by atoms with Crippen LogP contribution in [-0.2, 0) is 4.79 Å². The second kappa shape index (κ2) is 8.84. The van der Waals surface area contributed by atoms with Gasteiger partial charge in [-0.1, -0.05) is 19.1 Å². The number of hydrogen-bond donors (Lipinski definition) is 0. The van der Waals surface area contributed by atoms with Gasteiger partial charge in [0.15, 0.2) is 6.61 Å². The first-order valence-corrected chi connectivity index (χ1v) is 10.6.